The van der Waals surface area contributed by atoms with Gasteiger partial charge in [0.05, 0.1) is 13.7 Å². The topological polar surface area (TPSA) is 56.8 Å². The molecule has 1 N–H and O–H groups in total. The van der Waals surface area contributed by atoms with E-state index in [9.17, 15) is 13.6 Å². The van der Waals surface area contributed by atoms with E-state index in [4.69, 9.17) is 9.47 Å². The van der Waals surface area contributed by atoms with Gasteiger partial charge in [0.1, 0.15) is 6.04 Å². The van der Waals surface area contributed by atoms with Crippen LogP contribution in [0, 0.1) is 0 Å². The average molecular weight is 287 g/mol. The third kappa shape index (κ3) is 2.76. The highest BCUT2D eigenvalue weighted by Gasteiger charge is 2.47. The molecule has 2 rings (SSSR count). The molecule has 1 aromatic rings. The summed E-state index contributed by atoms with van der Waals surface area (Å²) in [6.07, 6.45) is -0.867. The van der Waals surface area contributed by atoms with Gasteiger partial charge in [-0.15, -0.1) is 0 Å². The summed E-state index contributed by atoms with van der Waals surface area (Å²) in [7, 11) is 1.42. The van der Waals surface area contributed by atoms with E-state index in [1.165, 1.54) is 25.3 Å². The number of halogens is 2. The summed E-state index contributed by atoms with van der Waals surface area (Å²) >= 11 is 0. The van der Waals surface area contributed by atoms with Crippen molar-refractivity contribution < 1.29 is 27.8 Å². The molecule has 7 heteroatoms. The number of alkyl halides is 2. The standard InChI is InChI=1S/C13H15F2NO4/c1-3-19-9-5-4-8(6-10(9)18-2)11-13(14,15)7-20-12(17)16-11/h4-6,11H,3,7H2,1-2H3,(H,16,17)/t11-/m1/s1. The quantitative estimate of drug-likeness (QED) is 0.924. The molecule has 0 bridgehead atoms. The highest BCUT2D eigenvalue weighted by molar-refractivity contribution is 5.69. The van der Waals surface area contributed by atoms with Crippen LogP contribution < -0.4 is 14.8 Å². The van der Waals surface area contributed by atoms with E-state index in [0.29, 0.717) is 18.1 Å². The van der Waals surface area contributed by atoms with Crippen molar-refractivity contribution in [2.24, 2.45) is 0 Å². The lowest BCUT2D eigenvalue weighted by Gasteiger charge is -2.32. The van der Waals surface area contributed by atoms with Crippen molar-refractivity contribution in [2.45, 2.75) is 18.9 Å². The number of alkyl carbamates (subject to hydrolysis) is 1. The number of methoxy groups -OCH3 is 1. The van der Waals surface area contributed by atoms with E-state index in [-0.39, 0.29) is 5.56 Å². The van der Waals surface area contributed by atoms with Gasteiger partial charge in [-0.1, -0.05) is 6.07 Å². The van der Waals surface area contributed by atoms with Gasteiger partial charge in [0, 0.05) is 0 Å². The maximum atomic E-state index is 13.8. The zero-order valence-corrected chi connectivity index (χ0v) is 11.1. The largest absolute Gasteiger partial charge is 0.493 e. The summed E-state index contributed by atoms with van der Waals surface area (Å²) < 4.78 is 42.3. The molecule has 5 nitrogen and oxygen atoms in total. The Hall–Kier alpha value is -2.05. The fourth-order valence-electron chi connectivity index (χ4n) is 1.98. The Morgan fingerprint density at radius 1 is 1.45 bits per heavy atom. The Kier molecular flexibility index (Phi) is 3.96. The van der Waals surface area contributed by atoms with Crippen LogP contribution in [-0.4, -0.2) is 32.3 Å². The summed E-state index contributed by atoms with van der Waals surface area (Å²) in [5, 5.41) is 2.12. The first-order valence-corrected chi connectivity index (χ1v) is 6.09. The molecule has 110 valence electrons. The van der Waals surface area contributed by atoms with Crippen molar-refractivity contribution in [1.29, 1.82) is 0 Å². The first kappa shape index (κ1) is 14.4. The van der Waals surface area contributed by atoms with Gasteiger partial charge in [-0.3, -0.25) is 0 Å². The number of nitrogens with one attached hydrogen (secondary N) is 1. The summed E-state index contributed by atoms with van der Waals surface area (Å²) in [5.74, 6) is -2.40. The van der Waals surface area contributed by atoms with E-state index >= 15 is 0 Å². The number of hydrogen-bond donors (Lipinski definition) is 1. The normalized spacial score (nSPS) is 20.8. The van der Waals surface area contributed by atoms with E-state index in [2.05, 4.69) is 10.1 Å². The molecule has 20 heavy (non-hydrogen) atoms. The minimum Gasteiger partial charge on any atom is -0.493 e. The number of carbonyl (C=O) groups excluding carboxylic acids is 1. The molecule has 1 aromatic carbocycles. The summed E-state index contributed by atoms with van der Waals surface area (Å²) in [6, 6.07) is 2.98. The molecule has 1 fully saturated rings. The van der Waals surface area contributed by atoms with Crippen LogP contribution in [0.15, 0.2) is 18.2 Å². The van der Waals surface area contributed by atoms with Crippen molar-refractivity contribution in [2.75, 3.05) is 20.3 Å². The Balaban J connectivity index is 2.33. The average Bonchev–Trinajstić information content (AvgIpc) is 2.42. The third-order valence-electron chi connectivity index (χ3n) is 2.90. The SMILES string of the molecule is CCOc1ccc([C@H]2NC(=O)OCC2(F)F)cc1OC. The molecular formula is C13H15F2NO4. The number of cyclic esters (lactones) is 1. The number of ether oxygens (including phenoxy) is 3. The highest BCUT2D eigenvalue weighted by Crippen LogP contribution is 2.38. The maximum absolute atomic E-state index is 13.8. The Morgan fingerprint density at radius 2 is 2.20 bits per heavy atom. The molecule has 1 saturated heterocycles. The van der Waals surface area contributed by atoms with Crippen LogP contribution >= 0.6 is 0 Å². The second kappa shape index (κ2) is 5.52. The van der Waals surface area contributed by atoms with Gasteiger partial charge < -0.3 is 19.5 Å². The van der Waals surface area contributed by atoms with Gasteiger partial charge in [0.15, 0.2) is 18.1 Å². The second-order valence-electron chi connectivity index (χ2n) is 4.26. The lowest BCUT2D eigenvalue weighted by molar-refractivity contribution is -0.104. The maximum Gasteiger partial charge on any atom is 0.408 e. The van der Waals surface area contributed by atoms with Gasteiger partial charge in [0.2, 0.25) is 0 Å². The van der Waals surface area contributed by atoms with Crippen LogP contribution in [0.5, 0.6) is 11.5 Å². The Bertz CT molecular complexity index is 507. The summed E-state index contributed by atoms with van der Waals surface area (Å²) in [4.78, 5) is 11.1. The monoisotopic (exact) mass is 287 g/mol. The van der Waals surface area contributed by atoms with Crippen molar-refractivity contribution in [3.63, 3.8) is 0 Å². The smallest absolute Gasteiger partial charge is 0.408 e. The van der Waals surface area contributed by atoms with Crippen LogP contribution in [0.2, 0.25) is 0 Å². The fourth-order valence-corrected chi connectivity index (χ4v) is 1.98. The highest BCUT2D eigenvalue weighted by atomic mass is 19.3. The summed E-state index contributed by atoms with van der Waals surface area (Å²) in [5.41, 5.74) is 0.229. The van der Waals surface area contributed by atoms with Crippen molar-refractivity contribution in [1.82, 2.24) is 5.32 Å². The second-order valence-corrected chi connectivity index (χ2v) is 4.26. The number of carbonyl (C=O) groups is 1. The van der Waals surface area contributed by atoms with Crippen LogP contribution in [-0.2, 0) is 4.74 Å². The van der Waals surface area contributed by atoms with E-state index in [1.807, 2.05) is 0 Å². The minimum atomic E-state index is -3.19. The predicted octanol–water partition coefficient (Wildman–Crippen LogP) is 2.51. The lowest BCUT2D eigenvalue weighted by atomic mass is 9.99. The van der Waals surface area contributed by atoms with Crippen LogP contribution in [0.4, 0.5) is 13.6 Å². The molecular weight excluding hydrogens is 272 g/mol. The number of hydrogen-bond acceptors (Lipinski definition) is 4. The number of rotatable bonds is 4. The Morgan fingerprint density at radius 3 is 2.85 bits per heavy atom. The van der Waals surface area contributed by atoms with Crippen molar-refractivity contribution in [3.8, 4) is 11.5 Å². The fraction of sp³-hybridized carbons (Fsp3) is 0.462. The molecule has 1 heterocycles. The molecule has 1 aliphatic heterocycles. The van der Waals surface area contributed by atoms with E-state index in [0.717, 1.165) is 0 Å². The minimum absolute atomic E-state index is 0.229. The molecule has 0 unspecified atom stereocenters. The van der Waals surface area contributed by atoms with Crippen molar-refractivity contribution >= 4 is 6.09 Å². The zero-order chi connectivity index (χ0) is 14.8. The summed E-state index contributed by atoms with van der Waals surface area (Å²) in [6.45, 7) is 1.29. The zero-order valence-electron chi connectivity index (χ0n) is 11.1. The lowest BCUT2D eigenvalue weighted by Crippen LogP contribution is -2.49. The molecule has 0 saturated carbocycles. The molecule has 0 aliphatic carbocycles. The Labute approximate surface area is 114 Å². The predicted molar refractivity (Wildman–Crippen MR) is 66.3 cm³/mol. The van der Waals surface area contributed by atoms with Gasteiger partial charge in [0.25, 0.3) is 0 Å². The molecule has 0 radical (unpaired) electrons. The molecule has 0 spiro atoms. The molecule has 1 aliphatic rings. The van der Waals surface area contributed by atoms with E-state index in [1.54, 1.807) is 6.92 Å². The van der Waals surface area contributed by atoms with Gasteiger partial charge in [-0.25, -0.2) is 13.6 Å². The van der Waals surface area contributed by atoms with Crippen molar-refractivity contribution in [3.05, 3.63) is 23.8 Å². The van der Waals surface area contributed by atoms with Crippen LogP contribution in [0.25, 0.3) is 0 Å². The van der Waals surface area contributed by atoms with Gasteiger partial charge in [-0.2, -0.15) is 0 Å². The van der Waals surface area contributed by atoms with E-state index < -0.39 is 24.7 Å². The molecule has 1 amide bonds. The number of benzene rings is 1. The third-order valence-corrected chi connectivity index (χ3v) is 2.90. The van der Waals surface area contributed by atoms with Gasteiger partial charge in [-0.05, 0) is 24.6 Å². The first-order chi connectivity index (χ1) is 9.47. The first-order valence-electron chi connectivity index (χ1n) is 6.09. The van der Waals surface area contributed by atoms with Crippen LogP contribution in [0.3, 0.4) is 0 Å². The van der Waals surface area contributed by atoms with Gasteiger partial charge >= 0.3 is 12.0 Å². The molecule has 1 atom stereocenters. The number of amides is 1. The van der Waals surface area contributed by atoms with Crippen LogP contribution in [0.1, 0.15) is 18.5 Å². The molecule has 0 aromatic heterocycles.